The molecule has 1 saturated carbocycles. The van der Waals surface area contributed by atoms with Crippen molar-refractivity contribution in [3.8, 4) is 0 Å². The largest absolute Gasteiger partial charge is 0.393 e. The normalized spacial score (nSPS) is 23.7. The average molecular weight is 265 g/mol. The van der Waals surface area contributed by atoms with Crippen molar-refractivity contribution in [2.45, 2.75) is 36.7 Å². The van der Waals surface area contributed by atoms with Gasteiger partial charge in [0.25, 0.3) is 5.91 Å². The van der Waals surface area contributed by atoms with E-state index in [1.807, 2.05) is 12.1 Å². The van der Waals surface area contributed by atoms with Crippen molar-refractivity contribution in [2.75, 3.05) is 6.54 Å². The summed E-state index contributed by atoms with van der Waals surface area (Å²) in [6.07, 6.45) is 3.64. The first-order valence-corrected chi connectivity index (χ1v) is 6.85. The molecule has 1 aliphatic rings. The minimum Gasteiger partial charge on any atom is -0.393 e. The van der Waals surface area contributed by atoms with Gasteiger partial charge in [0.15, 0.2) is 0 Å². The molecule has 0 aliphatic heterocycles. The minimum absolute atomic E-state index is 0.0639. The highest BCUT2D eigenvalue weighted by atomic mass is 32.1. The van der Waals surface area contributed by atoms with Crippen molar-refractivity contribution >= 4 is 18.5 Å². The molecule has 0 aromatic heterocycles. The van der Waals surface area contributed by atoms with Crippen molar-refractivity contribution in [1.29, 1.82) is 0 Å². The molecule has 0 bridgehead atoms. The fraction of sp³-hybridized carbons (Fsp3) is 0.500. The Kier molecular flexibility index (Phi) is 4.66. The molecule has 0 saturated heterocycles. The molecule has 2 atom stereocenters. The van der Waals surface area contributed by atoms with Crippen molar-refractivity contribution in [3.05, 3.63) is 29.8 Å². The summed E-state index contributed by atoms with van der Waals surface area (Å²) in [5.74, 6) is 0.336. The molecule has 2 unspecified atom stereocenters. The molecular weight excluding hydrogens is 246 g/mol. The van der Waals surface area contributed by atoms with Crippen LogP contribution < -0.4 is 5.32 Å². The Morgan fingerprint density at radius 3 is 3.00 bits per heavy atom. The number of aliphatic hydroxyl groups is 1. The molecule has 4 heteroatoms. The van der Waals surface area contributed by atoms with E-state index in [2.05, 4.69) is 17.9 Å². The van der Waals surface area contributed by atoms with E-state index in [4.69, 9.17) is 0 Å². The van der Waals surface area contributed by atoms with E-state index in [0.717, 1.165) is 30.6 Å². The number of hydrogen-bond donors (Lipinski definition) is 3. The maximum atomic E-state index is 11.9. The molecule has 1 amide bonds. The third-order valence-corrected chi connectivity index (χ3v) is 3.69. The second kappa shape index (κ2) is 6.25. The molecule has 2 rings (SSSR count). The van der Waals surface area contributed by atoms with Crippen molar-refractivity contribution < 1.29 is 9.90 Å². The Balaban J connectivity index is 1.84. The molecule has 0 radical (unpaired) electrons. The predicted molar refractivity (Wildman–Crippen MR) is 74.0 cm³/mol. The van der Waals surface area contributed by atoms with Crippen molar-refractivity contribution in [1.82, 2.24) is 5.32 Å². The van der Waals surface area contributed by atoms with Gasteiger partial charge in [-0.1, -0.05) is 12.5 Å². The molecule has 18 heavy (non-hydrogen) atoms. The Morgan fingerprint density at radius 2 is 2.28 bits per heavy atom. The quantitative estimate of drug-likeness (QED) is 0.734. The second-order valence-electron chi connectivity index (χ2n) is 4.95. The summed E-state index contributed by atoms with van der Waals surface area (Å²) in [4.78, 5) is 12.7. The van der Waals surface area contributed by atoms with Crippen LogP contribution in [-0.2, 0) is 0 Å². The van der Waals surface area contributed by atoms with Crippen LogP contribution in [0.5, 0.6) is 0 Å². The molecule has 3 nitrogen and oxygen atoms in total. The van der Waals surface area contributed by atoms with Crippen LogP contribution in [0.1, 0.15) is 36.0 Å². The van der Waals surface area contributed by atoms with Crippen molar-refractivity contribution in [2.24, 2.45) is 5.92 Å². The van der Waals surface area contributed by atoms with Crippen LogP contribution in [0.4, 0.5) is 0 Å². The summed E-state index contributed by atoms with van der Waals surface area (Å²) in [7, 11) is 0. The number of carbonyl (C=O) groups excluding carboxylic acids is 1. The number of hydrogen-bond acceptors (Lipinski definition) is 3. The van der Waals surface area contributed by atoms with Gasteiger partial charge in [-0.05, 0) is 43.4 Å². The first-order chi connectivity index (χ1) is 8.65. The van der Waals surface area contributed by atoms with E-state index in [0.29, 0.717) is 18.0 Å². The lowest BCUT2D eigenvalue weighted by Gasteiger charge is -2.25. The molecule has 98 valence electrons. The van der Waals surface area contributed by atoms with E-state index in [-0.39, 0.29) is 12.0 Å². The van der Waals surface area contributed by atoms with Gasteiger partial charge >= 0.3 is 0 Å². The van der Waals surface area contributed by atoms with E-state index in [1.165, 1.54) is 0 Å². The topological polar surface area (TPSA) is 49.3 Å². The average Bonchev–Trinajstić information content (AvgIpc) is 2.36. The van der Waals surface area contributed by atoms with Crippen LogP contribution >= 0.6 is 12.6 Å². The molecule has 0 spiro atoms. The van der Waals surface area contributed by atoms with E-state index in [1.54, 1.807) is 12.1 Å². The first kappa shape index (κ1) is 13.4. The number of thiol groups is 1. The minimum atomic E-state index is -0.193. The summed E-state index contributed by atoms with van der Waals surface area (Å²) in [5.41, 5.74) is 0.638. The summed E-state index contributed by atoms with van der Waals surface area (Å²) < 4.78 is 0. The molecule has 1 aromatic rings. The van der Waals surface area contributed by atoms with Gasteiger partial charge in [-0.3, -0.25) is 4.79 Å². The number of rotatable bonds is 3. The van der Waals surface area contributed by atoms with E-state index < -0.39 is 0 Å². The molecule has 2 N–H and O–H groups in total. The second-order valence-corrected chi connectivity index (χ2v) is 5.46. The number of nitrogens with one attached hydrogen (secondary N) is 1. The molecule has 1 aliphatic carbocycles. The summed E-state index contributed by atoms with van der Waals surface area (Å²) >= 11 is 4.22. The molecule has 0 heterocycles. The monoisotopic (exact) mass is 265 g/mol. The number of benzene rings is 1. The summed E-state index contributed by atoms with van der Waals surface area (Å²) in [6, 6.07) is 7.21. The van der Waals surface area contributed by atoms with Gasteiger partial charge < -0.3 is 10.4 Å². The summed E-state index contributed by atoms with van der Waals surface area (Å²) in [6.45, 7) is 0.646. The van der Waals surface area contributed by atoms with Crippen LogP contribution in [-0.4, -0.2) is 23.7 Å². The highest BCUT2D eigenvalue weighted by molar-refractivity contribution is 7.80. The van der Waals surface area contributed by atoms with Crippen LogP contribution in [0.2, 0.25) is 0 Å². The lowest BCUT2D eigenvalue weighted by atomic mass is 9.87. The smallest absolute Gasteiger partial charge is 0.251 e. The van der Waals surface area contributed by atoms with Gasteiger partial charge in [0.2, 0.25) is 0 Å². The standard InChI is InChI=1S/C14H19NO2S/c16-12-5-1-3-10(7-12)9-15-14(17)11-4-2-6-13(18)8-11/h2,4,6,8,10,12,16,18H,1,3,5,7,9H2,(H,15,17). The summed E-state index contributed by atoms with van der Waals surface area (Å²) in [5, 5.41) is 12.5. The Labute approximate surface area is 113 Å². The van der Waals surface area contributed by atoms with Gasteiger partial charge in [-0.15, -0.1) is 12.6 Å². The van der Waals surface area contributed by atoms with Gasteiger partial charge in [-0.2, -0.15) is 0 Å². The third-order valence-electron chi connectivity index (χ3n) is 3.41. The Hall–Kier alpha value is -1.00. The molecular formula is C14H19NO2S. The number of aliphatic hydroxyl groups excluding tert-OH is 1. The van der Waals surface area contributed by atoms with Crippen LogP contribution in [0.3, 0.4) is 0 Å². The number of carbonyl (C=O) groups is 1. The third kappa shape index (κ3) is 3.75. The number of amides is 1. The van der Waals surface area contributed by atoms with Gasteiger partial charge in [0.1, 0.15) is 0 Å². The van der Waals surface area contributed by atoms with Gasteiger partial charge in [-0.25, -0.2) is 0 Å². The predicted octanol–water partition coefficient (Wildman–Crippen LogP) is 2.26. The first-order valence-electron chi connectivity index (χ1n) is 6.40. The zero-order valence-corrected chi connectivity index (χ0v) is 11.2. The highest BCUT2D eigenvalue weighted by Crippen LogP contribution is 2.23. The van der Waals surface area contributed by atoms with Gasteiger partial charge in [0, 0.05) is 17.0 Å². The maximum absolute atomic E-state index is 11.9. The SMILES string of the molecule is O=C(NCC1CCCC(O)C1)c1cccc(S)c1. The maximum Gasteiger partial charge on any atom is 0.251 e. The van der Waals surface area contributed by atoms with Crippen molar-refractivity contribution in [3.63, 3.8) is 0 Å². The fourth-order valence-corrected chi connectivity index (χ4v) is 2.66. The fourth-order valence-electron chi connectivity index (χ4n) is 2.43. The van der Waals surface area contributed by atoms with E-state index in [9.17, 15) is 9.90 Å². The Morgan fingerprint density at radius 1 is 1.44 bits per heavy atom. The highest BCUT2D eigenvalue weighted by Gasteiger charge is 2.20. The lowest BCUT2D eigenvalue weighted by Crippen LogP contribution is -2.32. The van der Waals surface area contributed by atoms with Crippen LogP contribution in [0, 0.1) is 5.92 Å². The zero-order chi connectivity index (χ0) is 13.0. The Bertz CT molecular complexity index is 422. The van der Waals surface area contributed by atoms with Crippen LogP contribution in [0.15, 0.2) is 29.2 Å². The lowest BCUT2D eigenvalue weighted by molar-refractivity contribution is 0.0873. The van der Waals surface area contributed by atoms with E-state index >= 15 is 0 Å². The van der Waals surface area contributed by atoms with Gasteiger partial charge in [0.05, 0.1) is 6.10 Å². The molecule has 1 fully saturated rings. The van der Waals surface area contributed by atoms with Crippen LogP contribution in [0.25, 0.3) is 0 Å². The molecule has 1 aromatic carbocycles. The zero-order valence-electron chi connectivity index (χ0n) is 10.3.